The number of amides is 1. The number of nitrogens with zero attached hydrogens (tertiary/aromatic N) is 1. The number of rotatable bonds is 6. The van der Waals surface area contributed by atoms with E-state index in [0.717, 1.165) is 22.4 Å². The summed E-state index contributed by atoms with van der Waals surface area (Å²) in [6, 6.07) is 6.13. The monoisotopic (exact) mass is 308 g/mol. The van der Waals surface area contributed by atoms with E-state index in [-0.39, 0.29) is 11.2 Å². The van der Waals surface area contributed by atoms with Crippen molar-refractivity contribution in [2.24, 2.45) is 0 Å². The zero-order valence-electron chi connectivity index (χ0n) is 12.1. The van der Waals surface area contributed by atoms with Crippen LogP contribution in [0.1, 0.15) is 32.3 Å². The first-order valence-corrected chi connectivity index (χ1v) is 8.76. The zero-order chi connectivity index (χ0) is 14.5. The molecule has 5 heteroatoms. The fraction of sp³-hybridized carbons (Fsp3) is 0.467. The average Bonchev–Trinajstić information content (AvgIpc) is 2.80. The van der Waals surface area contributed by atoms with Gasteiger partial charge in [0.15, 0.2) is 5.13 Å². The Morgan fingerprint density at radius 1 is 1.50 bits per heavy atom. The summed E-state index contributed by atoms with van der Waals surface area (Å²) < 4.78 is 1.12. The molecule has 0 aliphatic heterocycles. The van der Waals surface area contributed by atoms with Gasteiger partial charge in [0.05, 0.1) is 15.5 Å². The average molecular weight is 308 g/mol. The molecular formula is C15H20N2OS2. The van der Waals surface area contributed by atoms with Gasteiger partial charge in [0.2, 0.25) is 5.91 Å². The second-order valence-corrected chi connectivity index (χ2v) is 7.33. The standard InChI is InChI=1S/C15H20N2OS2/c1-4-5-8-19-11(3)14(18)17-15-16-12-7-6-10(2)9-13(12)20-15/h6-7,9,11H,4-5,8H2,1-3H3,(H,16,17,18). The molecule has 20 heavy (non-hydrogen) atoms. The Bertz CT molecular complexity index is 595. The van der Waals surface area contributed by atoms with Crippen LogP contribution < -0.4 is 5.32 Å². The molecular weight excluding hydrogens is 288 g/mol. The van der Waals surface area contributed by atoms with Crippen LogP contribution in [0.3, 0.4) is 0 Å². The molecule has 1 heterocycles. The van der Waals surface area contributed by atoms with Gasteiger partial charge in [-0.2, -0.15) is 0 Å². The third-order valence-corrected chi connectivity index (χ3v) is 5.18. The Hall–Kier alpha value is -1.07. The Morgan fingerprint density at radius 2 is 2.30 bits per heavy atom. The van der Waals surface area contributed by atoms with Crippen molar-refractivity contribution in [2.75, 3.05) is 11.1 Å². The van der Waals surface area contributed by atoms with Crippen molar-refractivity contribution in [3.8, 4) is 0 Å². The smallest absolute Gasteiger partial charge is 0.238 e. The van der Waals surface area contributed by atoms with E-state index in [4.69, 9.17) is 0 Å². The summed E-state index contributed by atoms with van der Waals surface area (Å²) in [5.74, 6) is 1.08. The van der Waals surface area contributed by atoms with E-state index in [1.807, 2.05) is 19.1 Å². The molecule has 0 spiro atoms. The third kappa shape index (κ3) is 3.96. The second kappa shape index (κ2) is 7.09. The molecule has 0 fully saturated rings. The molecule has 108 valence electrons. The number of aryl methyl sites for hydroxylation is 1. The topological polar surface area (TPSA) is 42.0 Å². The third-order valence-electron chi connectivity index (χ3n) is 3.01. The van der Waals surface area contributed by atoms with Gasteiger partial charge in [0.1, 0.15) is 0 Å². The second-order valence-electron chi connectivity index (χ2n) is 4.85. The SMILES string of the molecule is CCCCSC(C)C(=O)Nc1nc2ccc(C)cc2s1. The highest BCUT2D eigenvalue weighted by molar-refractivity contribution is 8.00. The van der Waals surface area contributed by atoms with E-state index in [1.54, 1.807) is 11.8 Å². The van der Waals surface area contributed by atoms with Gasteiger partial charge in [-0.25, -0.2) is 4.98 Å². The number of benzene rings is 1. The number of carbonyl (C=O) groups excluding carboxylic acids is 1. The number of hydrogen-bond donors (Lipinski definition) is 1. The van der Waals surface area contributed by atoms with Gasteiger partial charge in [0, 0.05) is 0 Å². The molecule has 0 saturated carbocycles. The van der Waals surface area contributed by atoms with E-state index >= 15 is 0 Å². The van der Waals surface area contributed by atoms with E-state index in [0.29, 0.717) is 5.13 Å². The van der Waals surface area contributed by atoms with Gasteiger partial charge in [-0.15, -0.1) is 11.8 Å². The molecule has 1 unspecified atom stereocenters. The largest absolute Gasteiger partial charge is 0.301 e. The maximum absolute atomic E-state index is 12.1. The molecule has 0 radical (unpaired) electrons. The van der Waals surface area contributed by atoms with Crippen molar-refractivity contribution < 1.29 is 4.79 Å². The summed E-state index contributed by atoms with van der Waals surface area (Å²) in [4.78, 5) is 16.5. The minimum absolute atomic E-state index is 0.0321. The maximum Gasteiger partial charge on any atom is 0.238 e. The minimum atomic E-state index is -0.0321. The van der Waals surface area contributed by atoms with E-state index in [1.165, 1.54) is 23.3 Å². The van der Waals surface area contributed by atoms with Crippen molar-refractivity contribution >= 4 is 44.4 Å². The fourth-order valence-corrected chi connectivity index (χ4v) is 3.76. The molecule has 1 amide bonds. The van der Waals surface area contributed by atoms with E-state index in [9.17, 15) is 4.79 Å². The van der Waals surface area contributed by atoms with Crippen molar-refractivity contribution in [3.05, 3.63) is 23.8 Å². The summed E-state index contributed by atoms with van der Waals surface area (Å²) in [5.41, 5.74) is 2.16. The molecule has 2 aromatic rings. The highest BCUT2D eigenvalue weighted by Crippen LogP contribution is 2.27. The van der Waals surface area contributed by atoms with Crippen molar-refractivity contribution in [1.29, 1.82) is 0 Å². The molecule has 0 saturated heterocycles. The number of carbonyl (C=O) groups is 1. The Labute approximate surface area is 128 Å². The first kappa shape index (κ1) is 15.3. The van der Waals surface area contributed by atoms with Crippen LogP contribution in [0.4, 0.5) is 5.13 Å². The summed E-state index contributed by atoms with van der Waals surface area (Å²) in [7, 11) is 0. The lowest BCUT2D eigenvalue weighted by molar-refractivity contribution is -0.115. The summed E-state index contributed by atoms with van der Waals surface area (Å²) >= 11 is 3.24. The molecule has 3 nitrogen and oxygen atoms in total. The molecule has 1 atom stereocenters. The van der Waals surface area contributed by atoms with Crippen molar-refractivity contribution in [1.82, 2.24) is 4.98 Å². The summed E-state index contributed by atoms with van der Waals surface area (Å²) in [6.45, 7) is 6.17. The van der Waals surface area contributed by atoms with E-state index in [2.05, 4.69) is 30.2 Å². The van der Waals surface area contributed by atoms with E-state index < -0.39 is 0 Å². The van der Waals surface area contributed by atoms with Crippen LogP contribution in [-0.2, 0) is 4.79 Å². The molecule has 1 aromatic carbocycles. The number of thioether (sulfide) groups is 1. The van der Waals surface area contributed by atoms with Crippen molar-refractivity contribution in [2.45, 2.75) is 38.9 Å². The van der Waals surface area contributed by atoms with Gasteiger partial charge in [-0.3, -0.25) is 4.79 Å². The fourth-order valence-electron chi connectivity index (χ4n) is 1.77. The Kier molecular flexibility index (Phi) is 5.43. The number of nitrogens with one attached hydrogen (secondary N) is 1. The predicted molar refractivity (Wildman–Crippen MR) is 89.8 cm³/mol. The molecule has 0 aliphatic rings. The number of anilines is 1. The highest BCUT2D eigenvalue weighted by atomic mass is 32.2. The maximum atomic E-state index is 12.1. The number of aromatic nitrogens is 1. The van der Waals surface area contributed by atoms with Crippen LogP contribution in [0.5, 0.6) is 0 Å². The first-order chi connectivity index (χ1) is 9.60. The van der Waals surface area contributed by atoms with Crippen LogP contribution in [0.25, 0.3) is 10.2 Å². The lowest BCUT2D eigenvalue weighted by atomic mass is 10.2. The number of fused-ring (bicyclic) bond motifs is 1. The van der Waals surface area contributed by atoms with Crippen molar-refractivity contribution in [3.63, 3.8) is 0 Å². The lowest BCUT2D eigenvalue weighted by Gasteiger charge is -2.09. The van der Waals surface area contributed by atoms with Crippen LogP contribution in [-0.4, -0.2) is 21.9 Å². The number of thiazole rings is 1. The Balaban J connectivity index is 1.98. The van der Waals surface area contributed by atoms with Gasteiger partial charge < -0.3 is 5.32 Å². The normalized spacial score (nSPS) is 12.6. The highest BCUT2D eigenvalue weighted by Gasteiger charge is 2.15. The first-order valence-electron chi connectivity index (χ1n) is 6.90. The minimum Gasteiger partial charge on any atom is -0.301 e. The zero-order valence-corrected chi connectivity index (χ0v) is 13.7. The predicted octanol–water partition coefficient (Wildman–Crippen LogP) is 4.47. The van der Waals surface area contributed by atoms with Gasteiger partial charge in [0.25, 0.3) is 0 Å². The molecule has 1 aromatic heterocycles. The van der Waals surface area contributed by atoms with Gasteiger partial charge in [-0.05, 0) is 43.7 Å². The number of hydrogen-bond acceptors (Lipinski definition) is 4. The lowest BCUT2D eigenvalue weighted by Crippen LogP contribution is -2.22. The van der Waals surface area contributed by atoms with Gasteiger partial charge in [-0.1, -0.05) is 30.7 Å². The number of unbranched alkanes of at least 4 members (excludes halogenated alkanes) is 1. The quantitative estimate of drug-likeness (QED) is 0.801. The van der Waals surface area contributed by atoms with Crippen LogP contribution >= 0.6 is 23.1 Å². The molecule has 2 rings (SSSR count). The van der Waals surface area contributed by atoms with Crippen LogP contribution in [0.15, 0.2) is 18.2 Å². The van der Waals surface area contributed by atoms with Crippen LogP contribution in [0.2, 0.25) is 0 Å². The van der Waals surface area contributed by atoms with Gasteiger partial charge >= 0.3 is 0 Å². The van der Waals surface area contributed by atoms with Crippen LogP contribution in [0, 0.1) is 6.92 Å². The molecule has 0 aliphatic carbocycles. The Morgan fingerprint density at radius 3 is 3.05 bits per heavy atom. The molecule has 0 bridgehead atoms. The summed E-state index contributed by atoms with van der Waals surface area (Å²) in [6.07, 6.45) is 2.32. The summed E-state index contributed by atoms with van der Waals surface area (Å²) in [5, 5.41) is 3.59. The molecule has 1 N–H and O–H groups in total.